The minimum atomic E-state index is -0.378. The predicted octanol–water partition coefficient (Wildman–Crippen LogP) is 3.03. The van der Waals surface area contributed by atoms with Gasteiger partial charge in [0.15, 0.2) is 0 Å². The third-order valence-electron chi connectivity index (χ3n) is 3.18. The molecule has 5 nitrogen and oxygen atoms in total. The van der Waals surface area contributed by atoms with Crippen LogP contribution in [0.15, 0.2) is 48.5 Å². The predicted molar refractivity (Wildman–Crippen MR) is 80.8 cm³/mol. The molecule has 2 rings (SSSR count). The molecular weight excluding hydrogens is 268 g/mol. The average molecular weight is 286 g/mol. The van der Waals surface area contributed by atoms with Crippen LogP contribution < -0.4 is 5.32 Å². The van der Waals surface area contributed by atoms with Crippen molar-refractivity contribution in [2.45, 2.75) is 19.7 Å². The molecule has 1 N–H and O–H groups in total. The molecule has 0 unspecified atom stereocenters. The Morgan fingerprint density at radius 2 is 1.86 bits per heavy atom. The van der Waals surface area contributed by atoms with Crippen molar-refractivity contribution in [2.24, 2.45) is 0 Å². The first-order valence-electron chi connectivity index (χ1n) is 6.70. The highest BCUT2D eigenvalue weighted by Gasteiger charge is 2.06. The number of non-ortho nitro benzene ring substituents is 1. The Kier molecular flexibility index (Phi) is 5.43. The molecule has 5 heteroatoms. The molecule has 2 aromatic rings. The standard InChI is InChI=1S/C16H18N2O3/c1-21-12-15-7-3-2-6-14(15)11-17-10-13-5-4-8-16(9-13)18(19)20/h2-9,17H,10-12H2,1H3. The molecule has 0 fully saturated rings. The van der Waals surface area contributed by atoms with Crippen LogP contribution in [-0.2, 0) is 24.4 Å². The van der Waals surface area contributed by atoms with Gasteiger partial charge in [0.05, 0.1) is 11.5 Å². The third kappa shape index (κ3) is 4.37. The third-order valence-corrected chi connectivity index (χ3v) is 3.18. The van der Waals surface area contributed by atoms with Gasteiger partial charge in [-0.05, 0) is 16.7 Å². The fourth-order valence-corrected chi connectivity index (χ4v) is 2.15. The topological polar surface area (TPSA) is 64.4 Å². The van der Waals surface area contributed by atoms with E-state index in [-0.39, 0.29) is 10.6 Å². The van der Waals surface area contributed by atoms with Crippen molar-refractivity contribution >= 4 is 5.69 Å². The van der Waals surface area contributed by atoms with Crippen molar-refractivity contribution in [1.29, 1.82) is 0 Å². The van der Waals surface area contributed by atoms with E-state index in [0.29, 0.717) is 19.7 Å². The first-order chi connectivity index (χ1) is 10.2. The number of nitro groups is 1. The monoisotopic (exact) mass is 286 g/mol. The summed E-state index contributed by atoms with van der Waals surface area (Å²) in [6, 6.07) is 14.7. The maximum atomic E-state index is 10.7. The minimum absolute atomic E-state index is 0.120. The summed E-state index contributed by atoms with van der Waals surface area (Å²) in [5.74, 6) is 0. The van der Waals surface area contributed by atoms with Crippen molar-refractivity contribution < 1.29 is 9.66 Å². The van der Waals surface area contributed by atoms with E-state index in [1.165, 1.54) is 11.6 Å². The van der Waals surface area contributed by atoms with Crippen molar-refractivity contribution in [3.8, 4) is 0 Å². The van der Waals surface area contributed by atoms with Gasteiger partial charge in [-0.3, -0.25) is 10.1 Å². The molecular formula is C16H18N2O3. The molecule has 0 aliphatic carbocycles. The highest BCUT2D eigenvalue weighted by molar-refractivity contribution is 5.34. The zero-order valence-electron chi connectivity index (χ0n) is 11.9. The number of methoxy groups -OCH3 is 1. The first-order valence-corrected chi connectivity index (χ1v) is 6.70. The number of rotatable bonds is 7. The molecule has 2 aromatic carbocycles. The van der Waals surface area contributed by atoms with Gasteiger partial charge in [0, 0.05) is 32.3 Å². The maximum Gasteiger partial charge on any atom is 0.269 e. The zero-order valence-corrected chi connectivity index (χ0v) is 11.9. The van der Waals surface area contributed by atoms with Crippen LogP contribution in [0.5, 0.6) is 0 Å². The SMILES string of the molecule is COCc1ccccc1CNCc1cccc([N+](=O)[O-])c1. The summed E-state index contributed by atoms with van der Waals surface area (Å²) in [6.45, 7) is 1.86. The molecule has 0 bridgehead atoms. The summed E-state index contributed by atoms with van der Waals surface area (Å²) < 4.78 is 5.17. The Labute approximate surface area is 123 Å². The quantitative estimate of drug-likeness (QED) is 0.627. The van der Waals surface area contributed by atoms with Crippen molar-refractivity contribution in [3.63, 3.8) is 0 Å². The van der Waals surface area contributed by atoms with E-state index in [9.17, 15) is 10.1 Å². The van der Waals surface area contributed by atoms with Gasteiger partial charge in [-0.1, -0.05) is 36.4 Å². The first kappa shape index (κ1) is 15.2. The normalized spacial score (nSPS) is 10.5. The molecule has 0 amide bonds. The Bertz CT molecular complexity index is 614. The van der Waals surface area contributed by atoms with Crippen LogP contribution in [0.4, 0.5) is 5.69 Å². The van der Waals surface area contributed by atoms with Gasteiger partial charge in [0.2, 0.25) is 0 Å². The van der Waals surface area contributed by atoms with Crippen LogP contribution in [0.2, 0.25) is 0 Å². The molecule has 21 heavy (non-hydrogen) atoms. The van der Waals surface area contributed by atoms with E-state index in [1.807, 2.05) is 24.3 Å². The summed E-state index contributed by atoms with van der Waals surface area (Å²) in [6.07, 6.45) is 0. The Balaban J connectivity index is 1.95. The molecule has 0 saturated carbocycles. The van der Waals surface area contributed by atoms with E-state index < -0.39 is 0 Å². The highest BCUT2D eigenvalue weighted by atomic mass is 16.6. The molecule has 0 saturated heterocycles. The number of benzene rings is 2. The average Bonchev–Trinajstić information content (AvgIpc) is 2.49. The lowest BCUT2D eigenvalue weighted by atomic mass is 10.1. The van der Waals surface area contributed by atoms with Gasteiger partial charge >= 0.3 is 0 Å². The number of nitrogens with one attached hydrogen (secondary N) is 1. The van der Waals surface area contributed by atoms with Gasteiger partial charge < -0.3 is 10.1 Å². The van der Waals surface area contributed by atoms with E-state index >= 15 is 0 Å². The molecule has 110 valence electrons. The van der Waals surface area contributed by atoms with E-state index in [4.69, 9.17) is 4.74 Å². The van der Waals surface area contributed by atoms with Crippen LogP contribution in [-0.4, -0.2) is 12.0 Å². The second-order valence-corrected chi connectivity index (χ2v) is 4.73. The summed E-state index contributed by atoms with van der Waals surface area (Å²) in [5.41, 5.74) is 3.33. The summed E-state index contributed by atoms with van der Waals surface area (Å²) >= 11 is 0. The van der Waals surface area contributed by atoms with Gasteiger partial charge in [-0.25, -0.2) is 0 Å². The Morgan fingerprint density at radius 3 is 2.57 bits per heavy atom. The molecule has 0 spiro atoms. The van der Waals surface area contributed by atoms with Crippen LogP contribution in [0.3, 0.4) is 0 Å². The Hall–Kier alpha value is -2.24. The second-order valence-electron chi connectivity index (χ2n) is 4.73. The van der Waals surface area contributed by atoms with Crippen LogP contribution in [0.25, 0.3) is 0 Å². The number of hydrogen-bond donors (Lipinski definition) is 1. The van der Waals surface area contributed by atoms with Crippen molar-refractivity contribution in [3.05, 3.63) is 75.3 Å². The van der Waals surface area contributed by atoms with E-state index in [0.717, 1.165) is 11.1 Å². The molecule has 0 heterocycles. The van der Waals surface area contributed by atoms with Gasteiger partial charge in [0.1, 0.15) is 0 Å². The smallest absolute Gasteiger partial charge is 0.269 e. The summed E-state index contributed by atoms with van der Waals surface area (Å²) in [4.78, 5) is 10.4. The lowest BCUT2D eigenvalue weighted by Crippen LogP contribution is -2.14. The van der Waals surface area contributed by atoms with Crippen molar-refractivity contribution in [1.82, 2.24) is 5.32 Å². The van der Waals surface area contributed by atoms with Crippen LogP contribution in [0.1, 0.15) is 16.7 Å². The van der Waals surface area contributed by atoms with Gasteiger partial charge in [-0.2, -0.15) is 0 Å². The highest BCUT2D eigenvalue weighted by Crippen LogP contribution is 2.14. The van der Waals surface area contributed by atoms with E-state index in [2.05, 4.69) is 11.4 Å². The van der Waals surface area contributed by atoms with Gasteiger partial charge in [-0.15, -0.1) is 0 Å². The fourth-order valence-electron chi connectivity index (χ4n) is 2.15. The Morgan fingerprint density at radius 1 is 1.10 bits per heavy atom. The second kappa shape index (κ2) is 7.52. The van der Waals surface area contributed by atoms with Gasteiger partial charge in [0.25, 0.3) is 5.69 Å². The molecule has 0 aliphatic heterocycles. The van der Waals surface area contributed by atoms with E-state index in [1.54, 1.807) is 19.2 Å². The fraction of sp³-hybridized carbons (Fsp3) is 0.250. The summed E-state index contributed by atoms with van der Waals surface area (Å²) in [7, 11) is 1.67. The molecule has 0 aromatic heterocycles. The van der Waals surface area contributed by atoms with Crippen LogP contribution in [0, 0.1) is 10.1 Å². The minimum Gasteiger partial charge on any atom is -0.380 e. The number of nitro benzene ring substituents is 1. The molecule has 0 aliphatic rings. The largest absolute Gasteiger partial charge is 0.380 e. The molecule has 0 radical (unpaired) electrons. The van der Waals surface area contributed by atoms with Crippen molar-refractivity contribution in [2.75, 3.05) is 7.11 Å². The number of hydrogen-bond acceptors (Lipinski definition) is 4. The maximum absolute atomic E-state index is 10.7. The van der Waals surface area contributed by atoms with Crippen LogP contribution >= 0.6 is 0 Å². The number of ether oxygens (including phenoxy) is 1. The lowest BCUT2D eigenvalue weighted by Gasteiger charge is -2.10. The summed E-state index contributed by atoms with van der Waals surface area (Å²) in [5, 5.41) is 14.0. The molecule has 0 atom stereocenters. The number of nitrogens with zero attached hydrogens (tertiary/aromatic N) is 1. The zero-order chi connectivity index (χ0) is 15.1. The lowest BCUT2D eigenvalue weighted by molar-refractivity contribution is -0.384.